The number of esters is 2. The quantitative estimate of drug-likeness (QED) is 0.0531. The first-order chi connectivity index (χ1) is 23.3. The molecule has 266 valence electrons. The van der Waals surface area contributed by atoms with Crippen LogP contribution in [0.1, 0.15) is 103 Å². The molecule has 0 heterocycles. The average molecular weight is 667 g/mol. The second-order valence-corrected chi connectivity index (χ2v) is 12.6. The molecule has 0 spiro atoms. The number of carbonyl (C=O) groups excluding carboxylic acids is 2. The lowest BCUT2D eigenvalue weighted by Crippen LogP contribution is -2.30. The van der Waals surface area contributed by atoms with E-state index in [0.717, 1.165) is 71.2 Å². The number of aryl methyl sites for hydroxylation is 2. The van der Waals surface area contributed by atoms with Crippen molar-refractivity contribution in [2.45, 2.75) is 118 Å². The minimum Gasteiger partial charge on any atom is -0.488 e. The zero-order valence-corrected chi connectivity index (χ0v) is 30.2. The number of fused-ring (bicyclic) bond motifs is 2. The third-order valence-corrected chi connectivity index (χ3v) is 8.22. The van der Waals surface area contributed by atoms with Crippen molar-refractivity contribution in [3.05, 3.63) is 47.5 Å². The third kappa shape index (κ3) is 12.6. The lowest BCUT2D eigenvalue weighted by molar-refractivity contribution is -0.154. The Morgan fingerprint density at radius 2 is 0.958 bits per heavy atom. The maximum atomic E-state index is 12.3. The van der Waals surface area contributed by atoms with Crippen LogP contribution in [-0.2, 0) is 28.5 Å². The molecule has 3 aromatic carbocycles. The topological polar surface area (TPSA) is 89.5 Å². The summed E-state index contributed by atoms with van der Waals surface area (Å²) < 4.78 is 36.5. The predicted octanol–water partition coefficient (Wildman–Crippen LogP) is 9.20. The molecule has 0 aliphatic rings. The van der Waals surface area contributed by atoms with Gasteiger partial charge in [-0.25, -0.2) is 0 Å². The maximum Gasteiger partial charge on any atom is 0.305 e. The fraction of sp³-hybridized carbons (Fsp3) is 0.600. The van der Waals surface area contributed by atoms with Gasteiger partial charge in [0.2, 0.25) is 0 Å². The van der Waals surface area contributed by atoms with Gasteiger partial charge in [-0.05, 0) is 38.8 Å². The van der Waals surface area contributed by atoms with Gasteiger partial charge in [0.1, 0.15) is 24.7 Å². The minimum absolute atomic E-state index is 0.150. The lowest BCUT2D eigenvalue weighted by Gasteiger charge is -2.23. The van der Waals surface area contributed by atoms with Crippen molar-refractivity contribution in [3.8, 4) is 11.5 Å². The van der Waals surface area contributed by atoms with Gasteiger partial charge in [0.15, 0.2) is 12.2 Å². The summed E-state index contributed by atoms with van der Waals surface area (Å²) in [5.74, 6) is 0.819. The number of benzene rings is 3. The Bertz CT molecular complexity index is 1310. The monoisotopic (exact) mass is 666 g/mol. The molecular weight excluding hydrogens is 608 g/mol. The number of unbranched alkanes of at least 4 members (excludes halogenated alkanes) is 6. The molecule has 0 saturated carbocycles. The molecule has 0 aromatic heterocycles. The first kappa shape index (κ1) is 39.1. The Hall–Kier alpha value is -3.36. The highest BCUT2D eigenvalue weighted by Gasteiger charge is 2.22. The molecule has 0 saturated heterocycles. The van der Waals surface area contributed by atoms with Crippen molar-refractivity contribution in [2.75, 3.05) is 39.6 Å². The van der Waals surface area contributed by atoms with Crippen LogP contribution in [0.5, 0.6) is 11.5 Å². The number of carbonyl (C=O) groups is 2. The molecule has 0 radical (unpaired) electrons. The van der Waals surface area contributed by atoms with E-state index < -0.39 is 12.2 Å². The highest BCUT2D eigenvalue weighted by atomic mass is 16.6. The van der Waals surface area contributed by atoms with Gasteiger partial charge in [0, 0.05) is 47.6 Å². The van der Waals surface area contributed by atoms with Crippen molar-refractivity contribution in [1.82, 2.24) is 0 Å². The smallest absolute Gasteiger partial charge is 0.305 e. The van der Waals surface area contributed by atoms with Crippen LogP contribution < -0.4 is 9.47 Å². The van der Waals surface area contributed by atoms with Gasteiger partial charge < -0.3 is 28.4 Å². The maximum absolute atomic E-state index is 12.3. The second kappa shape index (κ2) is 21.6. The van der Waals surface area contributed by atoms with Crippen molar-refractivity contribution in [2.24, 2.45) is 0 Å². The van der Waals surface area contributed by atoms with Crippen molar-refractivity contribution >= 4 is 33.5 Å². The van der Waals surface area contributed by atoms with E-state index in [0.29, 0.717) is 24.7 Å². The molecular formula is C40H58O8. The van der Waals surface area contributed by atoms with Gasteiger partial charge in [-0.3, -0.25) is 9.59 Å². The van der Waals surface area contributed by atoms with Crippen LogP contribution in [0.4, 0.5) is 0 Å². The Morgan fingerprint density at radius 1 is 0.542 bits per heavy atom. The molecule has 2 unspecified atom stereocenters. The first-order valence-corrected chi connectivity index (χ1v) is 18.1. The van der Waals surface area contributed by atoms with E-state index in [1.54, 1.807) is 13.8 Å². The van der Waals surface area contributed by atoms with E-state index >= 15 is 0 Å². The summed E-state index contributed by atoms with van der Waals surface area (Å²) in [7, 11) is 0. The Balaban J connectivity index is 1.90. The molecule has 3 rings (SSSR count). The van der Waals surface area contributed by atoms with Crippen molar-refractivity contribution in [1.29, 1.82) is 0 Å². The fourth-order valence-electron chi connectivity index (χ4n) is 5.50. The van der Waals surface area contributed by atoms with Crippen LogP contribution in [0.2, 0.25) is 0 Å². The molecule has 8 heteroatoms. The van der Waals surface area contributed by atoms with Crippen molar-refractivity contribution in [3.63, 3.8) is 0 Å². The summed E-state index contributed by atoms with van der Waals surface area (Å²) in [6.07, 6.45) is 8.33. The lowest BCUT2D eigenvalue weighted by atomic mass is 9.97. The van der Waals surface area contributed by atoms with Crippen LogP contribution in [-0.4, -0.2) is 63.8 Å². The molecule has 0 fully saturated rings. The predicted molar refractivity (Wildman–Crippen MR) is 192 cm³/mol. The number of rotatable bonds is 24. The average Bonchev–Trinajstić information content (AvgIpc) is 3.08. The summed E-state index contributed by atoms with van der Waals surface area (Å²) in [6.45, 7) is 14.1. The third-order valence-electron chi connectivity index (χ3n) is 8.22. The molecule has 48 heavy (non-hydrogen) atoms. The minimum atomic E-state index is -0.545. The molecule has 2 atom stereocenters. The number of ether oxygens (including phenoxy) is 6. The van der Waals surface area contributed by atoms with E-state index in [1.807, 2.05) is 38.1 Å². The summed E-state index contributed by atoms with van der Waals surface area (Å²) in [6, 6.07) is 12.4. The molecule has 0 aliphatic heterocycles. The van der Waals surface area contributed by atoms with Crippen LogP contribution in [0.3, 0.4) is 0 Å². The van der Waals surface area contributed by atoms with Crippen LogP contribution >= 0.6 is 0 Å². The number of hydrogen-bond donors (Lipinski definition) is 0. The zero-order valence-electron chi connectivity index (χ0n) is 30.2. The van der Waals surface area contributed by atoms with E-state index in [4.69, 9.17) is 28.4 Å². The van der Waals surface area contributed by atoms with Gasteiger partial charge in [0.25, 0.3) is 0 Å². The summed E-state index contributed by atoms with van der Waals surface area (Å²) >= 11 is 0. The van der Waals surface area contributed by atoms with Crippen LogP contribution in [0.25, 0.3) is 21.5 Å². The van der Waals surface area contributed by atoms with Gasteiger partial charge in [0.05, 0.1) is 13.2 Å². The first-order valence-electron chi connectivity index (χ1n) is 18.1. The van der Waals surface area contributed by atoms with Gasteiger partial charge in [-0.2, -0.15) is 0 Å². The molecule has 0 N–H and O–H groups in total. The Labute approximate surface area is 287 Å². The SMILES string of the molecule is CCCCCCOCC(COc1c2ccc(C)cc2c(OCC(COCCCCCC)OC(=O)CC)c2ccc(C)cc12)OC(=O)CC. The highest BCUT2D eigenvalue weighted by Crippen LogP contribution is 2.43. The molecule has 0 bridgehead atoms. The van der Waals surface area contributed by atoms with Crippen LogP contribution in [0, 0.1) is 13.8 Å². The fourth-order valence-corrected chi connectivity index (χ4v) is 5.50. The summed E-state index contributed by atoms with van der Waals surface area (Å²) in [5.41, 5.74) is 2.14. The zero-order chi connectivity index (χ0) is 34.7. The van der Waals surface area contributed by atoms with E-state index in [2.05, 4.69) is 26.0 Å². The molecule has 8 nitrogen and oxygen atoms in total. The van der Waals surface area contributed by atoms with Gasteiger partial charge >= 0.3 is 11.9 Å². The highest BCUT2D eigenvalue weighted by molar-refractivity contribution is 6.11. The second-order valence-electron chi connectivity index (χ2n) is 12.6. The number of hydrogen-bond acceptors (Lipinski definition) is 8. The van der Waals surface area contributed by atoms with Gasteiger partial charge in [-0.1, -0.05) is 102 Å². The molecule has 0 amide bonds. The molecule has 3 aromatic rings. The van der Waals surface area contributed by atoms with Crippen LogP contribution in [0.15, 0.2) is 36.4 Å². The van der Waals surface area contributed by atoms with Crippen molar-refractivity contribution < 1.29 is 38.0 Å². The Kier molecular flexibility index (Phi) is 17.6. The van der Waals surface area contributed by atoms with E-state index in [1.165, 1.54) is 12.8 Å². The Morgan fingerprint density at radius 3 is 1.33 bits per heavy atom. The summed E-state index contributed by atoms with van der Waals surface area (Å²) in [4.78, 5) is 24.6. The standard InChI is InChI=1S/C40H58O8/c1-7-11-13-15-21-43-25-31(47-37(41)9-3)27-45-39-33-19-17-30(6)24-36(33)40(34-20-18-29(5)23-35(34)39)46-28-32(48-38(42)10-4)26-44-22-16-14-12-8-2/h17-20,23-24,31-32H,7-16,21-22,25-28H2,1-6H3. The normalized spacial score (nSPS) is 12.6. The molecule has 0 aliphatic carbocycles. The summed E-state index contributed by atoms with van der Waals surface area (Å²) in [5, 5.41) is 3.53. The largest absolute Gasteiger partial charge is 0.488 e. The van der Waals surface area contributed by atoms with Gasteiger partial charge in [-0.15, -0.1) is 0 Å². The van der Waals surface area contributed by atoms with E-state index in [9.17, 15) is 9.59 Å². The van der Waals surface area contributed by atoms with E-state index in [-0.39, 0.29) is 51.2 Å².